The van der Waals surface area contributed by atoms with E-state index in [2.05, 4.69) is 32.5 Å². The molecule has 8 nitrogen and oxygen atoms in total. The van der Waals surface area contributed by atoms with Gasteiger partial charge in [-0.15, -0.1) is 0 Å². The van der Waals surface area contributed by atoms with Crippen molar-refractivity contribution in [3.05, 3.63) is 76.2 Å². The smallest absolute Gasteiger partial charge is 0.272 e. The summed E-state index contributed by atoms with van der Waals surface area (Å²) in [5, 5.41) is 10.2. The standard InChI is InChI=1S/C23H25N5O3/c29-21(14-20-18-8-4-5-9-19(18)23(31)26-25-20)24-15-22(30)28-12-10-27(11-13-28)16-17-6-2-1-3-7-17/h1-9H,10-16H2,(H,24,29)(H,26,31). The van der Waals surface area contributed by atoms with Crippen LogP contribution < -0.4 is 10.9 Å². The van der Waals surface area contributed by atoms with Crippen molar-refractivity contribution in [3.8, 4) is 0 Å². The van der Waals surface area contributed by atoms with Crippen LogP contribution in [0.3, 0.4) is 0 Å². The summed E-state index contributed by atoms with van der Waals surface area (Å²) in [6.45, 7) is 3.74. The Morgan fingerprint density at radius 1 is 0.935 bits per heavy atom. The highest BCUT2D eigenvalue weighted by Gasteiger charge is 2.21. The van der Waals surface area contributed by atoms with Crippen LogP contribution in [-0.4, -0.2) is 64.5 Å². The van der Waals surface area contributed by atoms with Crippen LogP contribution in [0.2, 0.25) is 0 Å². The van der Waals surface area contributed by atoms with E-state index in [9.17, 15) is 14.4 Å². The van der Waals surface area contributed by atoms with Crippen molar-refractivity contribution in [2.75, 3.05) is 32.7 Å². The Hall–Kier alpha value is -3.52. The van der Waals surface area contributed by atoms with Gasteiger partial charge in [-0.3, -0.25) is 19.3 Å². The van der Waals surface area contributed by atoms with Gasteiger partial charge >= 0.3 is 0 Å². The number of carbonyl (C=O) groups excluding carboxylic acids is 2. The Morgan fingerprint density at radius 3 is 2.35 bits per heavy atom. The van der Waals surface area contributed by atoms with Gasteiger partial charge in [0.2, 0.25) is 11.8 Å². The number of piperazine rings is 1. The summed E-state index contributed by atoms with van der Waals surface area (Å²) in [6, 6.07) is 17.3. The Kier molecular flexibility index (Phi) is 6.37. The second-order valence-electron chi connectivity index (χ2n) is 7.64. The molecule has 2 amide bonds. The monoisotopic (exact) mass is 419 g/mol. The van der Waals surface area contributed by atoms with Gasteiger partial charge in [-0.25, -0.2) is 5.10 Å². The second kappa shape index (κ2) is 9.53. The first kappa shape index (κ1) is 20.7. The number of aromatic amines is 1. The van der Waals surface area contributed by atoms with E-state index in [1.165, 1.54) is 5.56 Å². The van der Waals surface area contributed by atoms with Crippen LogP contribution in [-0.2, 0) is 22.6 Å². The predicted octanol–water partition coefficient (Wildman–Crippen LogP) is 0.926. The maximum atomic E-state index is 12.5. The zero-order chi connectivity index (χ0) is 21.6. The van der Waals surface area contributed by atoms with Crippen molar-refractivity contribution in [2.45, 2.75) is 13.0 Å². The summed E-state index contributed by atoms with van der Waals surface area (Å²) in [4.78, 5) is 40.8. The molecular formula is C23H25N5O3. The molecule has 0 saturated carbocycles. The molecule has 0 unspecified atom stereocenters. The van der Waals surface area contributed by atoms with Gasteiger partial charge in [0.1, 0.15) is 0 Å². The van der Waals surface area contributed by atoms with Crippen LogP contribution in [0.15, 0.2) is 59.4 Å². The first-order chi connectivity index (χ1) is 15.1. The van der Waals surface area contributed by atoms with Gasteiger partial charge in [0.25, 0.3) is 5.56 Å². The Balaban J connectivity index is 1.25. The molecule has 1 fully saturated rings. The van der Waals surface area contributed by atoms with E-state index in [4.69, 9.17) is 0 Å². The highest BCUT2D eigenvalue weighted by Crippen LogP contribution is 2.13. The molecule has 8 heteroatoms. The Morgan fingerprint density at radius 2 is 1.61 bits per heavy atom. The van der Waals surface area contributed by atoms with Crippen molar-refractivity contribution < 1.29 is 9.59 Å². The largest absolute Gasteiger partial charge is 0.347 e. The average Bonchev–Trinajstić information content (AvgIpc) is 2.81. The molecule has 0 radical (unpaired) electrons. The van der Waals surface area contributed by atoms with Crippen LogP contribution in [0.1, 0.15) is 11.3 Å². The van der Waals surface area contributed by atoms with Gasteiger partial charge in [-0.05, 0) is 11.6 Å². The first-order valence-electron chi connectivity index (χ1n) is 10.4. The van der Waals surface area contributed by atoms with E-state index in [1.54, 1.807) is 29.2 Å². The van der Waals surface area contributed by atoms with Crippen molar-refractivity contribution in [1.29, 1.82) is 0 Å². The fourth-order valence-electron chi connectivity index (χ4n) is 3.80. The molecular weight excluding hydrogens is 394 g/mol. The van der Waals surface area contributed by atoms with Gasteiger partial charge < -0.3 is 10.2 Å². The van der Waals surface area contributed by atoms with E-state index in [0.717, 1.165) is 19.6 Å². The van der Waals surface area contributed by atoms with Crippen molar-refractivity contribution in [2.24, 2.45) is 0 Å². The lowest BCUT2D eigenvalue weighted by molar-refractivity contribution is -0.134. The number of aromatic nitrogens is 2. The zero-order valence-corrected chi connectivity index (χ0v) is 17.2. The van der Waals surface area contributed by atoms with Gasteiger partial charge in [-0.2, -0.15) is 5.10 Å². The number of nitrogens with zero attached hydrogens (tertiary/aromatic N) is 3. The van der Waals surface area contributed by atoms with E-state index < -0.39 is 0 Å². The summed E-state index contributed by atoms with van der Waals surface area (Å²) in [5.41, 5.74) is 1.45. The minimum atomic E-state index is -0.305. The molecule has 2 N–H and O–H groups in total. The Labute approximate surface area is 179 Å². The lowest BCUT2D eigenvalue weighted by atomic mass is 10.1. The number of rotatable bonds is 6. The summed E-state index contributed by atoms with van der Waals surface area (Å²) < 4.78 is 0. The topological polar surface area (TPSA) is 98.4 Å². The van der Waals surface area contributed by atoms with Gasteiger partial charge in [0.05, 0.1) is 24.0 Å². The molecule has 0 atom stereocenters. The van der Waals surface area contributed by atoms with Crippen molar-refractivity contribution >= 4 is 22.6 Å². The highest BCUT2D eigenvalue weighted by atomic mass is 16.2. The van der Waals surface area contributed by atoms with Gasteiger partial charge in [0.15, 0.2) is 0 Å². The fourth-order valence-corrected chi connectivity index (χ4v) is 3.80. The Bertz CT molecular complexity index is 1120. The zero-order valence-electron chi connectivity index (χ0n) is 17.2. The molecule has 1 aliphatic rings. The highest BCUT2D eigenvalue weighted by molar-refractivity contribution is 5.90. The van der Waals surface area contributed by atoms with Gasteiger partial charge in [-0.1, -0.05) is 48.5 Å². The van der Waals surface area contributed by atoms with Crippen LogP contribution >= 0.6 is 0 Å². The molecule has 0 bridgehead atoms. The third kappa shape index (κ3) is 5.16. The maximum absolute atomic E-state index is 12.5. The molecule has 0 spiro atoms. The SMILES string of the molecule is O=C(Cc1n[nH]c(=O)c2ccccc12)NCC(=O)N1CCN(Cc2ccccc2)CC1. The number of carbonyl (C=O) groups is 2. The van der Waals surface area contributed by atoms with Gasteiger partial charge in [0, 0.05) is 38.1 Å². The number of benzene rings is 2. The summed E-state index contributed by atoms with van der Waals surface area (Å²) in [7, 11) is 0. The molecule has 3 aromatic rings. The molecule has 4 rings (SSSR count). The molecule has 1 aliphatic heterocycles. The normalized spacial score (nSPS) is 14.5. The van der Waals surface area contributed by atoms with Crippen molar-refractivity contribution in [3.63, 3.8) is 0 Å². The maximum Gasteiger partial charge on any atom is 0.272 e. The molecule has 1 aromatic heterocycles. The van der Waals surface area contributed by atoms with Crippen LogP contribution in [0.5, 0.6) is 0 Å². The van der Waals surface area contributed by atoms with E-state index in [0.29, 0.717) is 29.6 Å². The number of hydrogen-bond donors (Lipinski definition) is 2. The summed E-state index contributed by atoms with van der Waals surface area (Å²) in [5.74, 6) is -0.396. The van der Waals surface area contributed by atoms with Crippen LogP contribution in [0, 0.1) is 0 Å². The molecule has 31 heavy (non-hydrogen) atoms. The van der Waals surface area contributed by atoms with E-state index in [1.807, 2.05) is 18.2 Å². The third-order valence-electron chi connectivity index (χ3n) is 5.51. The quantitative estimate of drug-likeness (QED) is 0.619. The lowest BCUT2D eigenvalue weighted by Gasteiger charge is -2.34. The van der Waals surface area contributed by atoms with Crippen LogP contribution in [0.25, 0.3) is 10.8 Å². The average molecular weight is 419 g/mol. The van der Waals surface area contributed by atoms with E-state index >= 15 is 0 Å². The molecule has 160 valence electrons. The molecule has 0 aliphatic carbocycles. The lowest BCUT2D eigenvalue weighted by Crippen LogP contribution is -2.51. The first-order valence-corrected chi connectivity index (χ1v) is 10.4. The van der Waals surface area contributed by atoms with E-state index in [-0.39, 0.29) is 30.3 Å². The second-order valence-corrected chi connectivity index (χ2v) is 7.64. The summed E-state index contributed by atoms with van der Waals surface area (Å²) >= 11 is 0. The minimum Gasteiger partial charge on any atom is -0.347 e. The number of nitrogens with one attached hydrogen (secondary N) is 2. The van der Waals surface area contributed by atoms with Crippen LogP contribution in [0.4, 0.5) is 0 Å². The predicted molar refractivity (Wildman–Crippen MR) is 117 cm³/mol. The number of H-pyrrole nitrogens is 1. The fraction of sp³-hybridized carbons (Fsp3) is 0.304. The van der Waals surface area contributed by atoms with Crippen molar-refractivity contribution in [1.82, 2.24) is 25.3 Å². The summed E-state index contributed by atoms with van der Waals surface area (Å²) in [6.07, 6.45) is -0.00454. The number of fused-ring (bicyclic) bond motifs is 1. The molecule has 2 heterocycles. The minimum absolute atomic E-state index is 0.00454. The molecule has 2 aromatic carbocycles. The number of amides is 2. The number of hydrogen-bond acceptors (Lipinski definition) is 5. The molecule has 1 saturated heterocycles. The third-order valence-corrected chi connectivity index (χ3v) is 5.51.